The van der Waals surface area contributed by atoms with Crippen molar-refractivity contribution in [2.75, 3.05) is 40.3 Å². The third kappa shape index (κ3) is 5.32. The van der Waals surface area contributed by atoms with Crippen LogP contribution in [-0.4, -0.2) is 72.9 Å². The lowest BCUT2D eigenvalue weighted by Crippen LogP contribution is -2.51. The van der Waals surface area contributed by atoms with E-state index in [1.54, 1.807) is 0 Å². The molecule has 1 saturated carbocycles. The Balaban J connectivity index is 2.50. The summed E-state index contributed by atoms with van der Waals surface area (Å²) in [6, 6.07) is 1.06. The number of hydrogen-bond acceptors (Lipinski definition) is 4. The van der Waals surface area contributed by atoms with Gasteiger partial charge < -0.3 is 20.2 Å². The van der Waals surface area contributed by atoms with Gasteiger partial charge in [-0.3, -0.25) is 0 Å². The van der Waals surface area contributed by atoms with Crippen molar-refractivity contribution in [1.82, 2.24) is 15.1 Å². The first-order chi connectivity index (χ1) is 9.42. The van der Waals surface area contributed by atoms with Gasteiger partial charge in [-0.2, -0.15) is 0 Å². The zero-order valence-electron chi connectivity index (χ0n) is 14.2. The van der Waals surface area contributed by atoms with Crippen molar-refractivity contribution in [2.24, 2.45) is 0 Å². The van der Waals surface area contributed by atoms with Crippen LogP contribution in [0.3, 0.4) is 0 Å². The van der Waals surface area contributed by atoms with Crippen LogP contribution >= 0.6 is 0 Å². The molecule has 0 amide bonds. The van der Waals surface area contributed by atoms with Crippen LogP contribution in [0.2, 0.25) is 0 Å². The van der Waals surface area contributed by atoms with Gasteiger partial charge in [0.1, 0.15) is 0 Å². The van der Waals surface area contributed by atoms with E-state index in [0.29, 0.717) is 12.1 Å². The first-order valence-corrected chi connectivity index (χ1v) is 8.20. The lowest BCUT2D eigenvalue weighted by atomic mass is 9.97. The minimum atomic E-state index is -0.0478. The molecule has 1 aliphatic carbocycles. The molecule has 0 spiro atoms. The maximum absolute atomic E-state index is 9.80. The highest BCUT2D eigenvalue weighted by Gasteiger charge is 2.40. The van der Waals surface area contributed by atoms with Crippen LogP contribution in [0, 0.1) is 0 Å². The molecule has 0 aromatic carbocycles. The molecule has 4 nitrogen and oxygen atoms in total. The number of aliphatic hydroxyl groups is 1. The molecule has 0 saturated heterocycles. The van der Waals surface area contributed by atoms with Gasteiger partial charge in [0.15, 0.2) is 0 Å². The van der Waals surface area contributed by atoms with Crippen molar-refractivity contribution in [3.8, 4) is 0 Å². The van der Waals surface area contributed by atoms with Gasteiger partial charge in [-0.1, -0.05) is 20.8 Å². The Bertz CT molecular complexity index is 270. The highest BCUT2D eigenvalue weighted by molar-refractivity contribution is 5.00. The number of hydrogen-bond donors (Lipinski definition) is 2. The number of aliphatic hydroxyl groups excluding tert-OH is 1. The fourth-order valence-electron chi connectivity index (χ4n) is 3.53. The van der Waals surface area contributed by atoms with Crippen molar-refractivity contribution in [1.29, 1.82) is 0 Å². The van der Waals surface area contributed by atoms with Crippen LogP contribution in [0.5, 0.6) is 0 Å². The first-order valence-electron chi connectivity index (χ1n) is 8.20. The fourth-order valence-corrected chi connectivity index (χ4v) is 3.53. The highest BCUT2D eigenvalue weighted by atomic mass is 16.3. The first kappa shape index (κ1) is 17.9. The molecule has 0 bridgehead atoms. The summed E-state index contributed by atoms with van der Waals surface area (Å²) in [4.78, 5) is 4.85. The fraction of sp³-hybridized carbons (Fsp3) is 1.00. The zero-order valence-corrected chi connectivity index (χ0v) is 14.2. The molecule has 1 fully saturated rings. The second-order valence-electron chi connectivity index (χ2n) is 6.92. The van der Waals surface area contributed by atoms with Crippen LogP contribution in [0.1, 0.15) is 46.5 Å². The molecule has 1 rings (SSSR count). The number of nitrogens with one attached hydrogen (secondary N) is 1. The molecule has 1 aliphatic rings. The van der Waals surface area contributed by atoms with Crippen LogP contribution in [0.25, 0.3) is 0 Å². The van der Waals surface area contributed by atoms with E-state index in [1.807, 2.05) is 0 Å². The number of rotatable bonds is 9. The topological polar surface area (TPSA) is 38.7 Å². The van der Waals surface area contributed by atoms with Crippen molar-refractivity contribution in [3.63, 3.8) is 0 Å². The molecule has 20 heavy (non-hydrogen) atoms. The van der Waals surface area contributed by atoms with Gasteiger partial charge in [0, 0.05) is 17.6 Å². The minimum absolute atomic E-state index is 0.0478. The van der Waals surface area contributed by atoms with Gasteiger partial charge in [-0.25, -0.2) is 0 Å². The Labute approximate surface area is 125 Å². The highest BCUT2D eigenvalue weighted by Crippen LogP contribution is 2.33. The average molecular weight is 285 g/mol. The van der Waals surface area contributed by atoms with Crippen LogP contribution in [-0.2, 0) is 0 Å². The molecule has 0 heterocycles. The Kier molecular flexibility index (Phi) is 7.45. The predicted molar refractivity (Wildman–Crippen MR) is 86.1 cm³/mol. The van der Waals surface area contributed by atoms with E-state index < -0.39 is 0 Å². The van der Waals surface area contributed by atoms with E-state index in [4.69, 9.17) is 0 Å². The van der Waals surface area contributed by atoms with Crippen molar-refractivity contribution in [3.05, 3.63) is 0 Å². The summed E-state index contributed by atoms with van der Waals surface area (Å²) >= 11 is 0. The molecule has 0 aromatic heterocycles. The Morgan fingerprint density at radius 3 is 2.50 bits per heavy atom. The van der Waals surface area contributed by atoms with Gasteiger partial charge >= 0.3 is 0 Å². The quantitative estimate of drug-likeness (QED) is 0.674. The van der Waals surface area contributed by atoms with E-state index in [9.17, 15) is 5.11 Å². The van der Waals surface area contributed by atoms with E-state index in [-0.39, 0.29) is 12.1 Å². The van der Waals surface area contributed by atoms with Crippen molar-refractivity contribution < 1.29 is 5.11 Å². The Morgan fingerprint density at radius 1 is 1.30 bits per heavy atom. The monoisotopic (exact) mass is 285 g/mol. The van der Waals surface area contributed by atoms with Gasteiger partial charge in [0.05, 0.1) is 6.61 Å². The number of nitrogens with zero attached hydrogens (tertiary/aromatic N) is 2. The average Bonchev–Trinajstić information content (AvgIpc) is 2.78. The summed E-state index contributed by atoms with van der Waals surface area (Å²) in [6.45, 7) is 10.3. The maximum Gasteiger partial charge on any atom is 0.0614 e. The van der Waals surface area contributed by atoms with Crippen LogP contribution in [0.15, 0.2) is 0 Å². The molecule has 0 radical (unpaired) electrons. The summed E-state index contributed by atoms with van der Waals surface area (Å²) in [5.41, 5.74) is -0.0478. The minimum Gasteiger partial charge on any atom is -0.394 e. The van der Waals surface area contributed by atoms with Crippen molar-refractivity contribution >= 4 is 0 Å². The maximum atomic E-state index is 9.80. The molecular formula is C16H35N3O. The smallest absolute Gasteiger partial charge is 0.0614 e. The summed E-state index contributed by atoms with van der Waals surface area (Å²) < 4.78 is 0. The standard InChI is InChI=1S/C16H35N3O/c1-6-19(11-7-10-18(4)5)15-8-9-16(12-15,13-20)17-14(2)3/h14-15,17,20H,6-13H2,1-5H3. The van der Waals surface area contributed by atoms with Crippen LogP contribution < -0.4 is 5.32 Å². The van der Waals surface area contributed by atoms with E-state index in [1.165, 1.54) is 19.4 Å². The lowest BCUT2D eigenvalue weighted by Gasteiger charge is -2.33. The van der Waals surface area contributed by atoms with Gasteiger partial charge in [-0.15, -0.1) is 0 Å². The molecule has 2 atom stereocenters. The molecule has 0 aromatic rings. The molecule has 2 N–H and O–H groups in total. The van der Waals surface area contributed by atoms with E-state index in [2.05, 4.69) is 50.0 Å². The van der Waals surface area contributed by atoms with Gasteiger partial charge in [-0.05, 0) is 59.4 Å². The van der Waals surface area contributed by atoms with Crippen molar-refractivity contribution in [2.45, 2.75) is 64.1 Å². The van der Waals surface area contributed by atoms with E-state index >= 15 is 0 Å². The van der Waals surface area contributed by atoms with E-state index in [0.717, 1.165) is 25.9 Å². The lowest BCUT2D eigenvalue weighted by molar-refractivity contribution is 0.135. The Morgan fingerprint density at radius 2 is 2.00 bits per heavy atom. The second kappa shape index (κ2) is 8.32. The SMILES string of the molecule is CCN(CCCN(C)C)C1CCC(CO)(NC(C)C)C1. The zero-order chi connectivity index (χ0) is 15.2. The third-order valence-corrected chi connectivity index (χ3v) is 4.45. The Hall–Kier alpha value is -0.160. The summed E-state index contributed by atoms with van der Waals surface area (Å²) in [6.07, 6.45) is 4.60. The molecular weight excluding hydrogens is 250 g/mol. The summed E-state index contributed by atoms with van der Waals surface area (Å²) in [7, 11) is 4.27. The largest absolute Gasteiger partial charge is 0.394 e. The second-order valence-corrected chi connectivity index (χ2v) is 6.92. The van der Waals surface area contributed by atoms with Gasteiger partial charge in [0.2, 0.25) is 0 Å². The molecule has 120 valence electrons. The molecule has 0 aliphatic heterocycles. The summed E-state index contributed by atoms with van der Waals surface area (Å²) in [5.74, 6) is 0. The molecule has 2 unspecified atom stereocenters. The van der Waals surface area contributed by atoms with Crippen LogP contribution in [0.4, 0.5) is 0 Å². The summed E-state index contributed by atoms with van der Waals surface area (Å²) in [5, 5.41) is 13.4. The van der Waals surface area contributed by atoms with Gasteiger partial charge in [0.25, 0.3) is 0 Å². The molecule has 4 heteroatoms. The normalized spacial score (nSPS) is 27.1. The predicted octanol–water partition coefficient (Wildman–Crippen LogP) is 1.54. The third-order valence-electron chi connectivity index (χ3n) is 4.45.